The Bertz CT molecular complexity index is 1080. The highest BCUT2D eigenvalue weighted by molar-refractivity contribution is 5.88. The highest BCUT2D eigenvalue weighted by Crippen LogP contribution is 2.50. The molecule has 3 unspecified atom stereocenters. The van der Waals surface area contributed by atoms with Gasteiger partial charge in [0.15, 0.2) is 0 Å². The van der Waals surface area contributed by atoms with Gasteiger partial charge in [0.1, 0.15) is 11.4 Å². The fourth-order valence-electron chi connectivity index (χ4n) is 5.76. The highest BCUT2D eigenvalue weighted by Gasteiger charge is 2.53. The zero-order valence-corrected chi connectivity index (χ0v) is 17.0. The van der Waals surface area contributed by atoms with Gasteiger partial charge in [-0.3, -0.25) is 9.20 Å². The zero-order chi connectivity index (χ0) is 19.8. The summed E-state index contributed by atoms with van der Waals surface area (Å²) in [6.07, 6.45) is 4.79. The van der Waals surface area contributed by atoms with E-state index in [9.17, 15) is 14.7 Å². The van der Waals surface area contributed by atoms with Gasteiger partial charge in [0.25, 0.3) is 5.56 Å². The molecule has 29 heavy (non-hydrogen) atoms. The molecule has 0 spiro atoms. The Labute approximate surface area is 173 Å². The molecule has 2 aliphatic carbocycles. The minimum atomic E-state index is -1.27. The quantitative estimate of drug-likeness (QED) is 0.706. The van der Waals surface area contributed by atoms with Gasteiger partial charge in [0.2, 0.25) is 0 Å². The molecule has 2 saturated carbocycles. The van der Waals surface area contributed by atoms with Crippen LogP contribution in [0.5, 0.6) is 0 Å². The van der Waals surface area contributed by atoms with E-state index < -0.39 is 17.3 Å². The number of fused-ring (bicyclic) bond motifs is 2. The SMILES string of the molecule is Cc1c(C23CCC(N)C2CNC3)c(F)cn2c(=O)c(C(=O)O)cc(C3CC3)c12.Cl. The second-order valence-electron chi connectivity index (χ2n) is 8.69. The Morgan fingerprint density at radius 1 is 1.38 bits per heavy atom. The minimum Gasteiger partial charge on any atom is -0.477 e. The number of aromatic nitrogens is 1. The number of halogens is 2. The van der Waals surface area contributed by atoms with E-state index in [-0.39, 0.29) is 41.3 Å². The minimum absolute atomic E-state index is 0. The molecule has 4 N–H and O–H groups in total. The standard InChI is InChI=1S/C21H24FN3O3.ClH/c1-10-17(21-5-4-16(23)14(21)7-24-9-21)15(22)8-25-18(10)12(11-2-3-11)6-13(19(25)26)20(27)28;/h6,8,11,14,16,24H,2-5,7,9,23H2,1H3,(H,27,28);1H. The molecule has 8 heteroatoms. The number of pyridine rings is 2. The largest absolute Gasteiger partial charge is 0.477 e. The van der Waals surface area contributed by atoms with Crippen molar-refractivity contribution in [2.24, 2.45) is 11.7 Å². The molecule has 5 rings (SSSR count). The van der Waals surface area contributed by atoms with Gasteiger partial charge in [-0.15, -0.1) is 12.4 Å². The van der Waals surface area contributed by atoms with Gasteiger partial charge in [-0.05, 0) is 61.6 Å². The van der Waals surface area contributed by atoms with E-state index in [2.05, 4.69) is 5.32 Å². The highest BCUT2D eigenvalue weighted by atomic mass is 35.5. The van der Waals surface area contributed by atoms with Gasteiger partial charge >= 0.3 is 5.97 Å². The van der Waals surface area contributed by atoms with Crippen molar-refractivity contribution in [1.29, 1.82) is 0 Å². The molecule has 0 amide bonds. The van der Waals surface area contributed by atoms with Crippen molar-refractivity contribution in [2.45, 2.75) is 50.0 Å². The maximum Gasteiger partial charge on any atom is 0.341 e. The average molecular weight is 422 g/mol. The van der Waals surface area contributed by atoms with Crippen LogP contribution in [0.25, 0.3) is 5.52 Å². The Kier molecular flexibility index (Phi) is 4.76. The van der Waals surface area contributed by atoms with Crippen LogP contribution in [0.1, 0.15) is 58.6 Å². The first-order valence-corrected chi connectivity index (χ1v) is 9.93. The number of nitrogens with zero attached hydrogens (tertiary/aromatic N) is 1. The average Bonchev–Trinajstić information content (AvgIpc) is 3.32. The summed E-state index contributed by atoms with van der Waals surface area (Å²) < 4.78 is 16.7. The number of hydrogen-bond donors (Lipinski definition) is 3. The number of nitrogens with one attached hydrogen (secondary N) is 1. The molecule has 3 aliphatic rings. The number of carboxylic acids is 1. The van der Waals surface area contributed by atoms with Crippen LogP contribution < -0.4 is 16.6 Å². The molecule has 1 saturated heterocycles. The topological polar surface area (TPSA) is 96.8 Å². The van der Waals surface area contributed by atoms with E-state index in [1.807, 2.05) is 6.92 Å². The number of carboxylic acid groups (broad SMARTS) is 1. The first-order chi connectivity index (χ1) is 13.3. The zero-order valence-electron chi connectivity index (χ0n) is 16.2. The van der Waals surface area contributed by atoms with Gasteiger partial charge in [-0.25, -0.2) is 9.18 Å². The number of aryl methyl sites for hydroxylation is 1. The summed E-state index contributed by atoms with van der Waals surface area (Å²) in [7, 11) is 0. The Morgan fingerprint density at radius 2 is 2.10 bits per heavy atom. The third-order valence-electron chi connectivity index (χ3n) is 7.18. The molecule has 1 aliphatic heterocycles. The summed E-state index contributed by atoms with van der Waals surface area (Å²) >= 11 is 0. The second-order valence-corrected chi connectivity index (χ2v) is 8.69. The van der Waals surface area contributed by atoms with Crippen LogP contribution in [0.3, 0.4) is 0 Å². The van der Waals surface area contributed by atoms with Crippen LogP contribution in [0.2, 0.25) is 0 Å². The number of aromatic carboxylic acids is 1. The molecule has 0 bridgehead atoms. The summed E-state index contributed by atoms with van der Waals surface area (Å²) in [5.74, 6) is -1.33. The van der Waals surface area contributed by atoms with Crippen LogP contribution in [0.4, 0.5) is 4.39 Å². The molecule has 3 fully saturated rings. The summed E-state index contributed by atoms with van der Waals surface area (Å²) in [4.78, 5) is 24.3. The van der Waals surface area contributed by atoms with Crippen LogP contribution in [-0.4, -0.2) is 34.6 Å². The summed E-state index contributed by atoms with van der Waals surface area (Å²) in [6, 6.07) is 1.54. The maximum atomic E-state index is 15.5. The summed E-state index contributed by atoms with van der Waals surface area (Å²) in [5.41, 5.74) is 7.92. The van der Waals surface area contributed by atoms with Crippen LogP contribution in [0, 0.1) is 18.7 Å². The lowest BCUT2D eigenvalue weighted by atomic mass is 9.72. The van der Waals surface area contributed by atoms with Gasteiger partial charge in [-0.1, -0.05) is 0 Å². The Balaban J connectivity index is 0.00000205. The third-order valence-corrected chi connectivity index (χ3v) is 7.18. The fraction of sp³-hybridized carbons (Fsp3) is 0.524. The molecule has 0 aromatic carbocycles. The third kappa shape index (κ3) is 2.75. The number of carbonyl (C=O) groups is 1. The predicted molar refractivity (Wildman–Crippen MR) is 110 cm³/mol. The van der Waals surface area contributed by atoms with Crippen LogP contribution in [-0.2, 0) is 5.41 Å². The van der Waals surface area contributed by atoms with Crippen molar-refractivity contribution in [1.82, 2.24) is 9.72 Å². The molecule has 3 heterocycles. The molecule has 2 aromatic heterocycles. The predicted octanol–water partition coefficient (Wildman–Crippen LogP) is 2.32. The van der Waals surface area contributed by atoms with Gasteiger partial charge in [-0.2, -0.15) is 0 Å². The molecular formula is C21H25ClFN3O3. The van der Waals surface area contributed by atoms with Gasteiger partial charge in [0.05, 0.1) is 5.52 Å². The van der Waals surface area contributed by atoms with Crippen molar-refractivity contribution < 1.29 is 14.3 Å². The lowest BCUT2D eigenvalue weighted by Gasteiger charge is -2.33. The van der Waals surface area contributed by atoms with E-state index in [0.29, 0.717) is 17.6 Å². The molecule has 0 radical (unpaired) electrons. The smallest absolute Gasteiger partial charge is 0.341 e. The molecule has 2 aromatic rings. The monoisotopic (exact) mass is 421 g/mol. The van der Waals surface area contributed by atoms with E-state index in [1.165, 1.54) is 16.7 Å². The first-order valence-electron chi connectivity index (χ1n) is 9.93. The Morgan fingerprint density at radius 3 is 2.76 bits per heavy atom. The van der Waals surface area contributed by atoms with Crippen molar-refractivity contribution in [2.75, 3.05) is 13.1 Å². The first kappa shape index (κ1) is 20.3. The normalized spacial score (nSPS) is 28.4. The van der Waals surface area contributed by atoms with Crippen molar-refractivity contribution >= 4 is 23.9 Å². The number of hydrogen-bond acceptors (Lipinski definition) is 4. The molecular weight excluding hydrogens is 397 g/mol. The lowest BCUT2D eigenvalue weighted by molar-refractivity contribution is 0.0694. The summed E-state index contributed by atoms with van der Waals surface area (Å²) in [5, 5.41) is 12.8. The van der Waals surface area contributed by atoms with Crippen molar-refractivity contribution in [3.8, 4) is 0 Å². The number of nitrogens with two attached hydrogens (primary N) is 1. The van der Waals surface area contributed by atoms with Gasteiger partial charge < -0.3 is 16.2 Å². The Hall–Kier alpha value is -1.96. The van der Waals surface area contributed by atoms with E-state index >= 15 is 4.39 Å². The number of rotatable bonds is 3. The summed E-state index contributed by atoms with van der Waals surface area (Å²) in [6.45, 7) is 3.31. The molecule has 3 atom stereocenters. The van der Waals surface area contributed by atoms with E-state index in [4.69, 9.17) is 5.73 Å². The maximum absolute atomic E-state index is 15.5. The van der Waals surface area contributed by atoms with E-state index in [0.717, 1.165) is 43.4 Å². The second kappa shape index (κ2) is 6.79. The van der Waals surface area contributed by atoms with Gasteiger partial charge in [0, 0.05) is 36.3 Å². The van der Waals surface area contributed by atoms with Crippen LogP contribution >= 0.6 is 12.4 Å². The van der Waals surface area contributed by atoms with Crippen LogP contribution in [0.15, 0.2) is 17.1 Å². The fourth-order valence-corrected chi connectivity index (χ4v) is 5.76. The van der Waals surface area contributed by atoms with E-state index in [1.54, 1.807) is 0 Å². The lowest BCUT2D eigenvalue weighted by Crippen LogP contribution is -2.38. The van der Waals surface area contributed by atoms with Crippen molar-refractivity contribution in [3.63, 3.8) is 0 Å². The molecule has 6 nitrogen and oxygen atoms in total. The van der Waals surface area contributed by atoms with Crippen molar-refractivity contribution in [3.05, 3.63) is 50.7 Å². The molecule has 156 valence electrons.